The third-order valence-electron chi connectivity index (χ3n) is 6.98. The Kier molecular flexibility index (Phi) is 10.5. The third kappa shape index (κ3) is 8.32. The molecule has 1 aliphatic rings. The molecule has 0 saturated carbocycles. The standard InChI is InChI=1S/C30H36F3N3OS2/c1-22(2)26-13-12-25(28(37)27-11-8-20-38-27)29(34-26)39-19-6-4-3-5-14-35-15-17-36(18-16-35)24-10-7-9-23(21-24)30(31,32)33/h7-13,20-22H,3-6,14-19H2,1-2H3. The van der Waals surface area contributed by atoms with Gasteiger partial charge in [-0.1, -0.05) is 38.8 Å². The maximum absolute atomic E-state index is 13.0. The molecule has 210 valence electrons. The zero-order valence-corrected chi connectivity index (χ0v) is 24.2. The number of unbranched alkanes of at least 4 members (excludes halogenated alkanes) is 3. The number of nitrogens with zero attached hydrogens (tertiary/aromatic N) is 3. The molecule has 4 rings (SSSR count). The van der Waals surface area contributed by atoms with Crippen LogP contribution in [0.15, 0.2) is 58.9 Å². The normalized spacial score (nSPS) is 14.8. The van der Waals surface area contributed by atoms with Crippen LogP contribution in [0.2, 0.25) is 0 Å². The molecule has 0 N–H and O–H groups in total. The molecule has 0 amide bonds. The number of benzene rings is 1. The van der Waals surface area contributed by atoms with Crippen molar-refractivity contribution in [2.45, 2.75) is 56.7 Å². The molecule has 1 aliphatic heterocycles. The average Bonchev–Trinajstić information content (AvgIpc) is 3.47. The first-order valence-corrected chi connectivity index (χ1v) is 15.5. The lowest BCUT2D eigenvalue weighted by Gasteiger charge is -2.36. The predicted octanol–water partition coefficient (Wildman–Crippen LogP) is 7.99. The van der Waals surface area contributed by atoms with Crippen LogP contribution < -0.4 is 4.90 Å². The molecule has 0 spiro atoms. The van der Waals surface area contributed by atoms with Gasteiger partial charge < -0.3 is 4.90 Å². The van der Waals surface area contributed by atoms with Crippen LogP contribution in [0.5, 0.6) is 0 Å². The number of hydrogen-bond donors (Lipinski definition) is 0. The number of piperazine rings is 1. The number of anilines is 1. The first-order valence-electron chi connectivity index (χ1n) is 13.6. The number of halogens is 3. The van der Waals surface area contributed by atoms with E-state index >= 15 is 0 Å². The second-order valence-corrected chi connectivity index (χ2v) is 12.2. The summed E-state index contributed by atoms with van der Waals surface area (Å²) in [6.07, 6.45) is 0.116. The molecule has 4 nitrogen and oxygen atoms in total. The van der Waals surface area contributed by atoms with Gasteiger partial charge in [0.25, 0.3) is 0 Å². The van der Waals surface area contributed by atoms with Gasteiger partial charge in [-0.2, -0.15) is 13.2 Å². The molecule has 1 saturated heterocycles. The molecule has 39 heavy (non-hydrogen) atoms. The lowest BCUT2D eigenvalue weighted by atomic mass is 10.1. The van der Waals surface area contributed by atoms with Gasteiger partial charge in [0.1, 0.15) is 5.03 Å². The van der Waals surface area contributed by atoms with Gasteiger partial charge in [0, 0.05) is 37.6 Å². The van der Waals surface area contributed by atoms with E-state index in [4.69, 9.17) is 4.98 Å². The lowest BCUT2D eigenvalue weighted by molar-refractivity contribution is -0.137. The van der Waals surface area contributed by atoms with Gasteiger partial charge in [0.2, 0.25) is 5.78 Å². The van der Waals surface area contributed by atoms with Crippen molar-refractivity contribution in [3.8, 4) is 0 Å². The molecule has 1 aromatic carbocycles. The number of alkyl halides is 3. The average molecular weight is 576 g/mol. The van der Waals surface area contributed by atoms with Crippen molar-refractivity contribution in [3.05, 3.63) is 75.6 Å². The van der Waals surface area contributed by atoms with Crippen molar-refractivity contribution in [2.24, 2.45) is 0 Å². The Morgan fingerprint density at radius 1 is 1.00 bits per heavy atom. The fourth-order valence-electron chi connectivity index (χ4n) is 4.67. The predicted molar refractivity (Wildman–Crippen MR) is 155 cm³/mol. The number of rotatable bonds is 12. The first-order chi connectivity index (χ1) is 18.7. The number of carbonyl (C=O) groups excluding carboxylic acids is 1. The summed E-state index contributed by atoms with van der Waals surface area (Å²) in [5.41, 5.74) is 1.76. The van der Waals surface area contributed by atoms with Gasteiger partial charge in [0.15, 0.2) is 0 Å². The van der Waals surface area contributed by atoms with Crippen LogP contribution >= 0.6 is 23.1 Å². The molecule has 0 bridgehead atoms. The summed E-state index contributed by atoms with van der Waals surface area (Å²) in [6, 6.07) is 13.3. The van der Waals surface area contributed by atoms with E-state index in [0.717, 1.165) is 85.8 Å². The highest BCUT2D eigenvalue weighted by Gasteiger charge is 2.31. The van der Waals surface area contributed by atoms with E-state index in [-0.39, 0.29) is 5.78 Å². The molecular weight excluding hydrogens is 539 g/mol. The Balaban J connectivity index is 1.17. The molecule has 0 unspecified atom stereocenters. The van der Waals surface area contributed by atoms with Crippen LogP contribution in [-0.4, -0.2) is 54.1 Å². The number of aromatic nitrogens is 1. The molecule has 0 atom stereocenters. The van der Waals surface area contributed by atoms with Crippen molar-refractivity contribution in [1.82, 2.24) is 9.88 Å². The number of hydrogen-bond acceptors (Lipinski definition) is 6. The summed E-state index contributed by atoms with van der Waals surface area (Å²) in [6.45, 7) is 8.46. The van der Waals surface area contributed by atoms with Gasteiger partial charge in [-0.3, -0.25) is 9.69 Å². The summed E-state index contributed by atoms with van der Waals surface area (Å²) < 4.78 is 39.1. The molecule has 0 radical (unpaired) electrons. The maximum Gasteiger partial charge on any atom is 0.416 e. The van der Waals surface area contributed by atoms with E-state index in [9.17, 15) is 18.0 Å². The molecule has 2 aromatic heterocycles. The molecule has 3 aromatic rings. The Bertz CT molecular complexity index is 1210. The molecule has 3 heterocycles. The van der Waals surface area contributed by atoms with E-state index in [1.54, 1.807) is 17.8 Å². The Labute approximate surface area is 237 Å². The van der Waals surface area contributed by atoms with Crippen molar-refractivity contribution in [3.63, 3.8) is 0 Å². The summed E-state index contributed by atoms with van der Waals surface area (Å²) in [7, 11) is 0. The van der Waals surface area contributed by atoms with Gasteiger partial charge >= 0.3 is 6.18 Å². The van der Waals surface area contributed by atoms with Crippen LogP contribution in [0.3, 0.4) is 0 Å². The van der Waals surface area contributed by atoms with Gasteiger partial charge in [-0.25, -0.2) is 4.98 Å². The number of ketones is 1. The van der Waals surface area contributed by atoms with Crippen LogP contribution in [-0.2, 0) is 6.18 Å². The number of carbonyl (C=O) groups is 1. The minimum atomic E-state index is -4.31. The molecule has 9 heteroatoms. The fraction of sp³-hybridized carbons (Fsp3) is 0.467. The lowest BCUT2D eigenvalue weighted by Crippen LogP contribution is -2.46. The van der Waals surface area contributed by atoms with Crippen LogP contribution in [0.1, 0.15) is 71.9 Å². The summed E-state index contributed by atoms with van der Waals surface area (Å²) in [5, 5.41) is 2.75. The third-order valence-corrected chi connectivity index (χ3v) is 8.93. The number of thioether (sulfide) groups is 1. The maximum atomic E-state index is 13.0. The van der Waals surface area contributed by atoms with Crippen LogP contribution in [0, 0.1) is 0 Å². The van der Waals surface area contributed by atoms with Crippen molar-refractivity contribution >= 4 is 34.6 Å². The first kappa shape index (κ1) is 29.6. The zero-order chi connectivity index (χ0) is 27.8. The van der Waals surface area contributed by atoms with E-state index in [0.29, 0.717) is 17.2 Å². The quantitative estimate of drug-likeness (QED) is 0.124. The van der Waals surface area contributed by atoms with Crippen LogP contribution in [0.4, 0.5) is 18.9 Å². The van der Waals surface area contributed by atoms with E-state index in [2.05, 4.69) is 18.7 Å². The van der Waals surface area contributed by atoms with Crippen molar-refractivity contribution in [1.29, 1.82) is 0 Å². The molecule has 1 fully saturated rings. The topological polar surface area (TPSA) is 36.4 Å². The van der Waals surface area contributed by atoms with E-state index < -0.39 is 11.7 Å². The molecular formula is C30H36F3N3OS2. The Hall–Kier alpha value is -2.36. The highest BCUT2D eigenvalue weighted by atomic mass is 32.2. The SMILES string of the molecule is CC(C)c1ccc(C(=O)c2cccs2)c(SCCCCCCN2CCN(c3cccc(C(F)(F)F)c3)CC2)n1. The minimum Gasteiger partial charge on any atom is -0.369 e. The Morgan fingerprint density at radius 2 is 1.77 bits per heavy atom. The van der Waals surface area contributed by atoms with E-state index in [1.165, 1.54) is 23.5 Å². The van der Waals surface area contributed by atoms with E-state index in [1.807, 2.05) is 34.5 Å². The van der Waals surface area contributed by atoms with Gasteiger partial charge in [-0.05, 0) is 72.8 Å². The second-order valence-electron chi connectivity index (χ2n) is 10.2. The Morgan fingerprint density at radius 3 is 2.46 bits per heavy atom. The monoisotopic (exact) mass is 575 g/mol. The minimum absolute atomic E-state index is 0.0449. The zero-order valence-electron chi connectivity index (χ0n) is 22.5. The van der Waals surface area contributed by atoms with Gasteiger partial charge in [-0.15, -0.1) is 23.1 Å². The summed E-state index contributed by atoms with van der Waals surface area (Å²) in [4.78, 5) is 23.0. The highest BCUT2D eigenvalue weighted by molar-refractivity contribution is 7.99. The number of pyridine rings is 1. The summed E-state index contributed by atoms with van der Waals surface area (Å²) >= 11 is 3.14. The van der Waals surface area contributed by atoms with Crippen LogP contribution in [0.25, 0.3) is 0 Å². The fourth-order valence-corrected chi connectivity index (χ4v) is 6.37. The van der Waals surface area contributed by atoms with Crippen molar-refractivity contribution in [2.75, 3.05) is 43.4 Å². The smallest absolute Gasteiger partial charge is 0.369 e. The molecule has 0 aliphatic carbocycles. The summed E-state index contributed by atoms with van der Waals surface area (Å²) in [5.74, 6) is 1.28. The van der Waals surface area contributed by atoms with Gasteiger partial charge in [0.05, 0.1) is 16.0 Å². The second kappa shape index (κ2) is 13.8. The largest absolute Gasteiger partial charge is 0.416 e. The number of thiophene rings is 1. The van der Waals surface area contributed by atoms with Crippen molar-refractivity contribution < 1.29 is 18.0 Å². The highest BCUT2D eigenvalue weighted by Crippen LogP contribution is 2.32.